The second-order valence-corrected chi connectivity index (χ2v) is 6.55. The Morgan fingerprint density at radius 2 is 2.04 bits per heavy atom. The van der Waals surface area contributed by atoms with E-state index in [0.717, 1.165) is 15.6 Å². The van der Waals surface area contributed by atoms with Crippen molar-refractivity contribution in [1.82, 2.24) is 14.6 Å². The van der Waals surface area contributed by atoms with Gasteiger partial charge in [-0.25, -0.2) is 9.50 Å². The highest BCUT2D eigenvalue weighted by atomic mass is 79.9. The summed E-state index contributed by atoms with van der Waals surface area (Å²) in [5.74, 6) is 0.579. The van der Waals surface area contributed by atoms with Crippen molar-refractivity contribution in [3.63, 3.8) is 0 Å². The summed E-state index contributed by atoms with van der Waals surface area (Å²) in [6.07, 6.45) is 5.27. The molecule has 0 saturated carbocycles. The molecule has 0 saturated heterocycles. The molecule has 0 aromatic carbocycles. The van der Waals surface area contributed by atoms with Crippen LogP contribution in [0.4, 0.5) is 5.82 Å². The molecule has 0 fully saturated rings. The zero-order chi connectivity index (χ0) is 16.6. The molecular formula is C17H17BrN4O. The first-order valence-electron chi connectivity index (χ1n) is 7.36. The smallest absolute Gasteiger partial charge is 0.259 e. The number of aromatic nitrogens is 3. The lowest BCUT2D eigenvalue weighted by Crippen LogP contribution is -2.37. The normalized spacial score (nSPS) is 11.2. The predicted molar refractivity (Wildman–Crippen MR) is 93.8 cm³/mol. The third-order valence-corrected chi connectivity index (χ3v) is 4.21. The van der Waals surface area contributed by atoms with Gasteiger partial charge in [0.15, 0.2) is 0 Å². The summed E-state index contributed by atoms with van der Waals surface area (Å²) in [5, 5.41) is 4.20. The van der Waals surface area contributed by atoms with Crippen molar-refractivity contribution in [3.05, 3.63) is 58.5 Å². The monoisotopic (exact) mass is 372 g/mol. The van der Waals surface area contributed by atoms with Crippen LogP contribution in [0.5, 0.6) is 0 Å². The Kier molecular flexibility index (Phi) is 4.17. The molecular weight excluding hydrogens is 356 g/mol. The van der Waals surface area contributed by atoms with Gasteiger partial charge < -0.3 is 0 Å². The van der Waals surface area contributed by atoms with E-state index in [1.54, 1.807) is 34.1 Å². The molecule has 6 heteroatoms. The zero-order valence-electron chi connectivity index (χ0n) is 13.2. The Morgan fingerprint density at radius 1 is 1.26 bits per heavy atom. The number of amides is 1. The molecule has 0 unspecified atom stereocenters. The topological polar surface area (TPSA) is 50.5 Å². The maximum Gasteiger partial charge on any atom is 0.259 e. The third kappa shape index (κ3) is 2.99. The molecule has 0 N–H and O–H groups in total. The number of rotatable bonds is 3. The van der Waals surface area contributed by atoms with E-state index in [4.69, 9.17) is 0 Å². The second kappa shape index (κ2) is 6.12. The molecule has 0 radical (unpaired) electrons. The number of anilines is 1. The average molecular weight is 373 g/mol. The minimum atomic E-state index is -0.0769. The Labute approximate surface area is 143 Å². The fraction of sp³-hybridized carbons (Fsp3) is 0.235. The summed E-state index contributed by atoms with van der Waals surface area (Å²) >= 11 is 3.45. The predicted octanol–water partition coefficient (Wildman–Crippen LogP) is 3.86. The Morgan fingerprint density at radius 3 is 2.70 bits per heavy atom. The van der Waals surface area contributed by atoms with Crippen LogP contribution in [0.3, 0.4) is 0 Å². The van der Waals surface area contributed by atoms with Crippen molar-refractivity contribution in [3.8, 4) is 0 Å². The van der Waals surface area contributed by atoms with Crippen LogP contribution >= 0.6 is 15.9 Å². The maximum absolute atomic E-state index is 13.0. The summed E-state index contributed by atoms with van der Waals surface area (Å²) in [4.78, 5) is 19.1. The third-order valence-electron chi connectivity index (χ3n) is 3.60. The number of carbonyl (C=O) groups is 1. The van der Waals surface area contributed by atoms with Gasteiger partial charge in [-0.3, -0.25) is 9.69 Å². The molecule has 0 aliphatic heterocycles. The molecule has 3 aromatic rings. The van der Waals surface area contributed by atoms with Gasteiger partial charge in [0.1, 0.15) is 5.82 Å². The molecule has 0 aliphatic carbocycles. The molecule has 118 valence electrons. The molecule has 3 aromatic heterocycles. The van der Waals surface area contributed by atoms with E-state index in [2.05, 4.69) is 26.0 Å². The number of aryl methyl sites for hydroxylation is 1. The minimum absolute atomic E-state index is 0.00211. The van der Waals surface area contributed by atoms with Gasteiger partial charge in [-0.05, 0) is 60.5 Å². The number of hydrogen-bond donors (Lipinski definition) is 0. The van der Waals surface area contributed by atoms with Gasteiger partial charge in [-0.15, -0.1) is 0 Å². The number of halogens is 1. The van der Waals surface area contributed by atoms with E-state index in [1.165, 1.54) is 0 Å². The summed E-state index contributed by atoms with van der Waals surface area (Å²) in [6, 6.07) is 7.45. The fourth-order valence-electron chi connectivity index (χ4n) is 2.43. The molecule has 3 rings (SSSR count). The van der Waals surface area contributed by atoms with Crippen LogP contribution < -0.4 is 4.90 Å². The average Bonchev–Trinajstić information content (AvgIpc) is 2.90. The van der Waals surface area contributed by atoms with Crippen molar-refractivity contribution in [2.45, 2.75) is 26.8 Å². The van der Waals surface area contributed by atoms with E-state index in [-0.39, 0.29) is 11.9 Å². The maximum atomic E-state index is 13.0. The fourth-order valence-corrected chi connectivity index (χ4v) is 2.82. The summed E-state index contributed by atoms with van der Waals surface area (Å²) in [7, 11) is 0. The van der Waals surface area contributed by atoms with Crippen molar-refractivity contribution < 1.29 is 4.79 Å². The lowest BCUT2D eigenvalue weighted by molar-refractivity contribution is 0.0979. The van der Waals surface area contributed by atoms with Crippen LogP contribution in [0, 0.1) is 6.92 Å². The van der Waals surface area contributed by atoms with Crippen LogP contribution in [0.25, 0.3) is 5.52 Å². The van der Waals surface area contributed by atoms with Crippen molar-refractivity contribution in [2.75, 3.05) is 4.90 Å². The van der Waals surface area contributed by atoms with Gasteiger partial charge in [0.2, 0.25) is 0 Å². The molecule has 23 heavy (non-hydrogen) atoms. The second-order valence-electron chi connectivity index (χ2n) is 5.70. The van der Waals surface area contributed by atoms with Gasteiger partial charge in [0, 0.05) is 24.0 Å². The number of carbonyl (C=O) groups excluding carboxylic acids is 1. The number of fused-ring (bicyclic) bond motifs is 1. The quantitative estimate of drug-likeness (QED) is 0.701. The Balaban J connectivity index is 2.02. The molecule has 5 nitrogen and oxygen atoms in total. The lowest BCUT2D eigenvalue weighted by Gasteiger charge is -2.26. The first kappa shape index (κ1) is 15.7. The van der Waals surface area contributed by atoms with E-state index < -0.39 is 0 Å². The molecule has 3 heterocycles. The van der Waals surface area contributed by atoms with Crippen LogP contribution in [-0.2, 0) is 0 Å². The Hall–Kier alpha value is -2.21. The highest BCUT2D eigenvalue weighted by Gasteiger charge is 2.22. The number of nitrogens with zero attached hydrogens (tertiary/aromatic N) is 4. The van der Waals surface area contributed by atoms with Gasteiger partial charge >= 0.3 is 0 Å². The largest absolute Gasteiger partial charge is 0.290 e. The van der Waals surface area contributed by atoms with Gasteiger partial charge in [-0.1, -0.05) is 6.07 Å². The van der Waals surface area contributed by atoms with E-state index >= 15 is 0 Å². The van der Waals surface area contributed by atoms with Crippen molar-refractivity contribution in [1.29, 1.82) is 0 Å². The van der Waals surface area contributed by atoms with Gasteiger partial charge in [0.25, 0.3) is 5.91 Å². The van der Waals surface area contributed by atoms with Crippen molar-refractivity contribution in [2.24, 2.45) is 0 Å². The van der Waals surface area contributed by atoms with Crippen LogP contribution in [0.2, 0.25) is 0 Å². The van der Waals surface area contributed by atoms with Crippen molar-refractivity contribution >= 4 is 33.2 Å². The highest BCUT2D eigenvalue weighted by molar-refractivity contribution is 9.10. The van der Waals surface area contributed by atoms with E-state index in [1.807, 2.05) is 39.0 Å². The first-order valence-corrected chi connectivity index (χ1v) is 8.16. The number of hydrogen-bond acceptors (Lipinski definition) is 3. The zero-order valence-corrected chi connectivity index (χ0v) is 14.8. The van der Waals surface area contributed by atoms with Gasteiger partial charge in [0.05, 0.1) is 16.2 Å². The standard InChI is InChI=1S/C17H17BrN4O/c1-11(2)22(16-5-4-12(3)9-19-16)17(23)13-6-7-21-15(8-13)14(18)10-20-21/h4-11H,1-3H3. The van der Waals surface area contributed by atoms with Crippen LogP contribution in [-0.4, -0.2) is 26.5 Å². The molecule has 0 bridgehead atoms. The molecule has 0 aliphatic rings. The summed E-state index contributed by atoms with van der Waals surface area (Å²) in [5.41, 5.74) is 2.53. The highest BCUT2D eigenvalue weighted by Crippen LogP contribution is 2.22. The minimum Gasteiger partial charge on any atom is -0.290 e. The summed E-state index contributed by atoms with van der Waals surface area (Å²) in [6.45, 7) is 5.93. The Bertz CT molecular complexity index is 855. The number of pyridine rings is 2. The van der Waals surface area contributed by atoms with Crippen LogP contribution in [0.15, 0.2) is 47.3 Å². The van der Waals surface area contributed by atoms with Crippen LogP contribution in [0.1, 0.15) is 29.8 Å². The van der Waals surface area contributed by atoms with E-state index in [9.17, 15) is 4.79 Å². The molecule has 0 atom stereocenters. The molecule has 0 spiro atoms. The summed E-state index contributed by atoms with van der Waals surface area (Å²) < 4.78 is 2.58. The first-order chi connectivity index (χ1) is 11.0. The van der Waals surface area contributed by atoms with Gasteiger partial charge in [-0.2, -0.15) is 5.10 Å². The SMILES string of the molecule is Cc1ccc(N(C(=O)c2ccn3ncc(Br)c3c2)C(C)C)nc1. The lowest BCUT2D eigenvalue weighted by atomic mass is 10.2. The van der Waals surface area contributed by atoms with E-state index in [0.29, 0.717) is 11.4 Å². The molecule has 1 amide bonds.